The van der Waals surface area contributed by atoms with Crippen molar-refractivity contribution in [3.63, 3.8) is 0 Å². The van der Waals surface area contributed by atoms with Gasteiger partial charge in [0.1, 0.15) is 5.78 Å². The molecule has 2 aromatic carbocycles. The third-order valence-corrected chi connectivity index (χ3v) is 3.58. The van der Waals surface area contributed by atoms with Crippen molar-refractivity contribution in [2.45, 2.75) is 24.9 Å². The van der Waals surface area contributed by atoms with Crippen LogP contribution in [0, 0.1) is 0 Å². The number of nitrogens with one attached hydrogen (secondary N) is 2. The summed E-state index contributed by atoms with van der Waals surface area (Å²) in [6.45, 7) is 0. The normalized spacial score (nSPS) is 13.5. The average molecular weight is 300 g/mol. The van der Waals surface area contributed by atoms with E-state index in [9.17, 15) is 15.2 Å². The molecule has 0 aliphatic rings. The first-order chi connectivity index (χ1) is 10.7. The highest BCUT2D eigenvalue weighted by Crippen LogP contribution is 2.21. The summed E-state index contributed by atoms with van der Waals surface area (Å²) in [7, 11) is 0. The first-order valence-corrected chi connectivity index (χ1v) is 7.15. The van der Waals surface area contributed by atoms with Gasteiger partial charge in [-0.05, 0) is 11.1 Å². The molecule has 2 unspecified atom stereocenters. The molecule has 2 rings (SSSR count). The fraction of sp³-hybridized carbons (Fsp3) is 0.235. The van der Waals surface area contributed by atoms with Gasteiger partial charge < -0.3 is 10.4 Å². The Morgan fingerprint density at radius 1 is 0.773 bits per heavy atom. The van der Waals surface area contributed by atoms with E-state index in [1.165, 1.54) is 0 Å². The molecule has 0 radical (unpaired) electrons. The lowest BCUT2D eigenvalue weighted by Gasteiger charge is -2.18. The molecule has 2 atom stereocenters. The van der Waals surface area contributed by atoms with Crippen LogP contribution in [-0.4, -0.2) is 16.2 Å². The van der Waals surface area contributed by atoms with Gasteiger partial charge in [0.2, 0.25) is 0 Å². The minimum absolute atomic E-state index is 0.0641. The Bertz CT molecular complexity index is 523. The van der Waals surface area contributed by atoms with Crippen LogP contribution >= 0.6 is 0 Å². The van der Waals surface area contributed by atoms with E-state index in [4.69, 9.17) is 0 Å². The highest BCUT2D eigenvalue weighted by atomic mass is 16.5. The monoisotopic (exact) mass is 300 g/mol. The summed E-state index contributed by atoms with van der Waals surface area (Å²) in [5, 5.41) is 18.5. The SMILES string of the molecule is O=C(CC(NO)c1ccccc1)CC(NO)c1ccccc1. The van der Waals surface area contributed by atoms with Crippen molar-refractivity contribution < 1.29 is 15.2 Å². The van der Waals surface area contributed by atoms with E-state index in [0.717, 1.165) is 11.1 Å². The number of carbonyl (C=O) groups is 1. The fourth-order valence-electron chi connectivity index (χ4n) is 2.39. The Labute approximate surface area is 129 Å². The maximum absolute atomic E-state index is 12.2. The van der Waals surface area contributed by atoms with Crippen LogP contribution in [0.25, 0.3) is 0 Å². The van der Waals surface area contributed by atoms with E-state index in [1.54, 1.807) is 0 Å². The van der Waals surface area contributed by atoms with Gasteiger partial charge in [0.15, 0.2) is 0 Å². The molecule has 0 aliphatic heterocycles. The third kappa shape index (κ3) is 4.47. The van der Waals surface area contributed by atoms with Gasteiger partial charge in [0, 0.05) is 12.8 Å². The first kappa shape index (κ1) is 16.3. The van der Waals surface area contributed by atoms with Crippen LogP contribution in [0.15, 0.2) is 60.7 Å². The molecule has 0 spiro atoms. The molecule has 0 bridgehead atoms. The Balaban J connectivity index is 1.99. The summed E-state index contributed by atoms with van der Waals surface area (Å²) < 4.78 is 0. The summed E-state index contributed by atoms with van der Waals surface area (Å²) in [6, 6.07) is 17.6. The largest absolute Gasteiger partial charge is 0.316 e. The average Bonchev–Trinajstić information content (AvgIpc) is 2.59. The van der Waals surface area contributed by atoms with E-state index in [2.05, 4.69) is 11.0 Å². The topological polar surface area (TPSA) is 81.6 Å². The van der Waals surface area contributed by atoms with E-state index in [-0.39, 0.29) is 18.6 Å². The number of hydrogen-bond donors (Lipinski definition) is 4. The molecule has 4 N–H and O–H groups in total. The summed E-state index contributed by atoms with van der Waals surface area (Å²) >= 11 is 0. The predicted octanol–water partition coefficient (Wildman–Crippen LogP) is 2.78. The highest BCUT2D eigenvalue weighted by Gasteiger charge is 2.19. The molecule has 5 heteroatoms. The molecule has 5 nitrogen and oxygen atoms in total. The summed E-state index contributed by atoms with van der Waals surface area (Å²) in [5.41, 5.74) is 6.03. The lowest BCUT2D eigenvalue weighted by atomic mass is 9.96. The van der Waals surface area contributed by atoms with Crippen LogP contribution in [0.3, 0.4) is 0 Å². The van der Waals surface area contributed by atoms with Gasteiger partial charge in [-0.15, -0.1) is 0 Å². The molecule has 0 saturated carbocycles. The third-order valence-electron chi connectivity index (χ3n) is 3.58. The van der Waals surface area contributed by atoms with E-state index in [0.29, 0.717) is 0 Å². The number of benzene rings is 2. The van der Waals surface area contributed by atoms with Crippen LogP contribution in [0.4, 0.5) is 0 Å². The molecule has 0 amide bonds. The maximum Gasteiger partial charge on any atom is 0.136 e. The van der Waals surface area contributed by atoms with Crippen LogP contribution in [0.5, 0.6) is 0 Å². The standard InChI is InChI=1S/C17H20N2O3/c20-15(11-16(18-21)13-7-3-1-4-8-13)12-17(19-22)14-9-5-2-6-10-14/h1-10,16-19,21-22H,11-12H2. The molecule has 0 aliphatic carbocycles. The van der Waals surface area contributed by atoms with Crippen molar-refractivity contribution in [2.75, 3.05) is 0 Å². The Kier molecular flexibility index (Phi) is 6.24. The second-order valence-electron chi connectivity index (χ2n) is 5.13. The molecule has 0 aromatic heterocycles. The number of hydroxylamine groups is 2. The zero-order chi connectivity index (χ0) is 15.8. The van der Waals surface area contributed by atoms with Gasteiger partial charge in [-0.1, -0.05) is 60.7 Å². The summed E-state index contributed by atoms with van der Waals surface area (Å²) in [6.07, 6.45) is 0.289. The molecule has 22 heavy (non-hydrogen) atoms. The van der Waals surface area contributed by atoms with Gasteiger partial charge in [0.05, 0.1) is 12.1 Å². The van der Waals surface area contributed by atoms with Crippen molar-refractivity contribution in [1.29, 1.82) is 0 Å². The van der Waals surface area contributed by atoms with E-state index < -0.39 is 12.1 Å². The van der Waals surface area contributed by atoms with Crippen molar-refractivity contribution in [2.24, 2.45) is 0 Å². The van der Waals surface area contributed by atoms with Gasteiger partial charge in [-0.25, -0.2) is 0 Å². The van der Waals surface area contributed by atoms with Gasteiger partial charge >= 0.3 is 0 Å². The van der Waals surface area contributed by atoms with E-state index >= 15 is 0 Å². The van der Waals surface area contributed by atoms with Crippen molar-refractivity contribution in [3.05, 3.63) is 71.8 Å². The van der Waals surface area contributed by atoms with Crippen molar-refractivity contribution in [1.82, 2.24) is 11.0 Å². The van der Waals surface area contributed by atoms with Crippen LogP contribution in [0.1, 0.15) is 36.1 Å². The Morgan fingerprint density at radius 2 is 1.14 bits per heavy atom. The van der Waals surface area contributed by atoms with E-state index in [1.807, 2.05) is 60.7 Å². The lowest BCUT2D eigenvalue weighted by molar-refractivity contribution is -0.121. The molecule has 116 valence electrons. The van der Waals surface area contributed by atoms with Gasteiger partial charge in [-0.3, -0.25) is 4.79 Å². The zero-order valence-electron chi connectivity index (χ0n) is 12.1. The molecule has 2 aromatic rings. The lowest BCUT2D eigenvalue weighted by Crippen LogP contribution is -2.24. The summed E-state index contributed by atoms with van der Waals surface area (Å²) in [5.74, 6) is -0.0641. The molecular weight excluding hydrogens is 280 g/mol. The molecule has 0 saturated heterocycles. The van der Waals surface area contributed by atoms with Crippen LogP contribution < -0.4 is 11.0 Å². The second-order valence-corrected chi connectivity index (χ2v) is 5.13. The Hall–Kier alpha value is -2.05. The quantitative estimate of drug-likeness (QED) is 0.564. The molecular formula is C17H20N2O3. The molecule has 0 heterocycles. The Morgan fingerprint density at radius 3 is 1.45 bits per heavy atom. The minimum atomic E-state index is -0.455. The highest BCUT2D eigenvalue weighted by molar-refractivity contribution is 5.80. The number of hydrogen-bond acceptors (Lipinski definition) is 5. The van der Waals surface area contributed by atoms with Crippen molar-refractivity contribution >= 4 is 5.78 Å². The molecule has 0 fully saturated rings. The minimum Gasteiger partial charge on any atom is -0.316 e. The van der Waals surface area contributed by atoms with Gasteiger partial charge in [0.25, 0.3) is 0 Å². The van der Waals surface area contributed by atoms with Crippen LogP contribution in [-0.2, 0) is 4.79 Å². The summed E-state index contributed by atoms with van der Waals surface area (Å²) in [4.78, 5) is 12.2. The second kappa shape index (κ2) is 8.41. The van der Waals surface area contributed by atoms with Crippen molar-refractivity contribution in [3.8, 4) is 0 Å². The fourth-order valence-corrected chi connectivity index (χ4v) is 2.39. The number of ketones is 1. The number of carbonyl (C=O) groups excluding carboxylic acids is 1. The van der Waals surface area contributed by atoms with Gasteiger partial charge in [-0.2, -0.15) is 11.0 Å². The maximum atomic E-state index is 12.2. The smallest absolute Gasteiger partial charge is 0.136 e. The zero-order valence-corrected chi connectivity index (χ0v) is 12.1. The first-order valence-electron chi connectivity index (χ1n) is 7.15. The van der Waals surface area contributed by atoms with Crippen LogP contribution in [0.2, 0.25) is 0 Å². The predicted molar refractivity (Wildman–Crippen MR) is 82.5 cm³/mol. The number of rotatable bonds is 8. The number of Topliss-reactive ketones (excluding diaryl/α,β-unsaturated/α-hetero) is 1.